The van der Waals surface area contributed by atoms with Crippen molar-refractivity contribution in [3.63, 3.8) is 0 Å². The third-order valence-corrected chi connectivity index (χ3v) is 6.82. The highest BCUT2D eigenvalue weighted by Crippen LogP contribution is 2.32. The standard InChI is InChI=1S/C15H17ClN4.C11H15NO2S/c1-2-3-8-15(9-17,10-20-12-18-11-19-20)13-4-6-14(16)7-5-13;1-7-5-9(14-11(13)12-3)6-8(2)10(7)15-4/h4-7,11-12H,2-3,8,10H2,1H3;5-6H,1-4H3,(H,12,13). The fourth-order valence-corrected chi connectivity index (χ4v) is 4.65. The summed E-state index contributed by atoms with van der Waals surface area (Å²) in [6.45, 7) is 6.65. The van der Waals surface area contributed by atoms with Crippen molar-refractivity contribution in [3.05, 3.63) is 70.8 Å². The second-order valence-electron chi connectivity index (χ2n) is 8.13. The molecule has 3 aromatic rings. The lowest BCUT2D eigenvalue weighted by Gasteiger charge is -2.27. The molecular formula is C26H32ClN5O2S. The topological polar surface area (TPSA) is 92.8 Å². The Morgan fingerprint density at radius 3 is 2.40 bits per heavy atom. The molecule has 186 valence electrons. The number of aryl methyl sites for hydroxylation is 2. The van der Waals surface area contributed by atoms with E-state index >= 15 is 0 Å². The molecule has 35 heavy (non-hydrogen) atoms. The highest BCUT2D eigenvalue weighted by Gasteiger charge is 2.32. The summed E-state index contributed by atoms with van der Waals surface area (Å²) in [5, 5.41) is 17.0. The number of nitrogens with zero attached hydrogens (tertiary/aromatic N) is 4. The number of aromatic nitrogens is 3. The maximum Gasteiger partial charge on any atom is 0.412 e. The minimum atomic E-state index is -0.589. The van der Waals surface area contributed by atoms with Crippen molar-refractivity contribution in [1.82, 2.24) is 20.1 Å². The molecule has 0 spiro atoms. The molecule has 0 fully saturated rings. The Kier molecular flexibility index (Phi) is 11.1. The smallest absolute Gasteiger partial charge is 0.410 e. The molecule has 3 rings (SSSR count). The number of rotatable bonds is 8. The number of benzene rings is 2. The number of carbonyl (C=O) groups is 1. The number of nitriles is 1. The van der Waals surface area contributed by atoms with Gasteiger partial charge in [0.2, 0.25) is 0 Å². The number of amides is 1. The number of ether oxygens (including phenoxy) is 1. The Morgan fingerprint density at radius 2 is 1.91 bits per heavy atom. The third-order valence-electron chi connectivity index (χ3n) is 5.52. The number of carbonyl (C=O) groups excluding carboxylic acids is 1. The Bertz CT molecular complexity index is 1110. The van der Waals surface area contributed by atoms with Crippen LogP contribution in [0.25, 0.3) is 0 Å². The van der Waals surface area contributed by atoms with Gasteiger partial charge in [-0.2, -0.15) is 10.4 Å². The molecule has 1 aromatic heterocycles. The van der Waals surface area contributed by atoms with Gasteiger partial charge < -0.3 is 10.1 Å². The van der Waals surface area contributed by atoms with Gasteiger partial charge in [0.15, 0.2) is 0 Å². The Labute approximate surface area is 216 Å². The zero-order chi connectivity index (χ0) is 25.8. The van der Waals surface area contributed by atoms with Gasteiger partial charge >= 0.3 is 6.09 Å². The van der Waals surface area contributed by atoms with Gasteiger partial charge in [-0.25, -0.2) is 9.78 Å². The molecule has 1 N–H and O–H groups in total. The maximum absolute atomic E-state index is 11.0. The molecule has 0 radical (unpaired) electrons. The Hall–Kier alpha value is -3.02. The molecule has 9 heteroatoms. The summed E-state index contributed by atoms with van der Waals surface area (Å²) in [5.41, 5.74) is 2.64. The average molecular weight is 514 g/mol. The summed E-state index contributed by atoms with van der Waals surface area (Å²) < 4.78 is 6.78. The number of thioether (sulfide) groups is 1. The first-order valence-corrected chi connectivity index (χ1v) is 12.9. The van der Waals surface area contributed by atoms with Crippen molar-refractivity contribution in [2.75, 3.05) is 13.3 Å². The second kappa shape index (κ2) is 13.8. The maximum atomic E-state index is 11.0. The van der Waals surface area contributed by atoms with Crippen molar-refractivity contribution < 1.29 is 9.53 Å². The van der Waals surface area contributed by atoms with Gasteiger partial charge in [-0.05, 0) is 67.5 Å². The van der Waals surface area contributed by atoms with E-state index < -0.39 is 11.5 Å². The second-order valence-corrected chi connectivity index (χ2v) is 9.38. The largest absolute Gasteiger partial charge is 0.412 e. The molecule has 0 bridgehead atoms. The minimum Gasteiger partial charge on any atom is -0.410 e. The van der Waals surface area contributed by atoms with Gasteiger partial charge in [0.1, 0.15) is 23.8 Å². The van der Waals surface area contributed by atoms with Crippen molar-refractivity contribution in [2.45, 2.75) is 56.9 Å². The van der Waals surface area contributed by atoms with E-state index in [4.69, 9.17) is 16.3 Å². The molecule has 0 aliphatic rings. The van der Waals surface area contributed by atoms with Crippen LogP contribution in [0.3, 0.4) is 0 Å². The molecule has 0 saturated heterocycles. The zero-order valence-corrected chi connectivity index (χ0v) is 22.4. The third kappa shape index (κ3) is 8.01. The Balaban J connectivity index is 0.000000258. The van der Waals surface area contributed by atoms with Crippen LogP contribution in [-0.4, -0.2) is 34.2 Å². The highest BCUT2D eigenvalue weighted by molar-refractivity contribution is 7.98. The normalized spacial score (nSPS) is 12.0. The van der Waals surface area contributed by atoms with E-state index in [9.17, 15) is 10.1 Å². The Morgan fingerprint density at radius 1 is 1.26 bits per heavy atom. The van der Waals surface area contributed by atoms with Crippen molar-refractivity contribution >= 4 is 29.5 Å². The monoisotopic (exact) mass is 513 g/mol. The molecular weight excluding hydrogens is 482 g/mol. The van der Waals surface area contributed by atoms with E-state index in [1.54, 1.807) is 22.8 Å². The molecule has 0 aliphatic heterocycles. The number of nitrogens with one attached hydrogen (secondary N) is 1. The molecule has 1 unspecified atom stereocenters. The van der Waals surface area contributed by atoms with Crippen LogP contribution in [0, 0.1) is 25.2 Å². The summed E-state index contributed by atoms with van der Waals surface area (Å²) in [6, 6.07) is 13.7. The fraction of sp³-hybridized carbons (Fsp3) is 0.385. The van der Waals surface area contributed by atoms with Gasteiger partial charge in [-0.15, -0.1) is 11.8 Å². The van der Waals surface area contributed by atoms with Gasteiger partial charge in [-0.1, -0.05) is 43.5 Å². The van der Waals surface area contributed by atoms with E-state index in [1.165, 1.54) is 18.3 Å². The van der Waals surface area contributed by atoms with E-state index in [-0.39, 0.29) is 0 Å². The molecule has 7 nitrogen and oxygen atoms in total. The molecule has 1 atom stereocenters. The summed E-state index contributed by atoms with van der Waals surface area (Å²) in [4.78, 5) is 16.2. The number of hydrogen-bond donors (Lipinski definition) is 1. The quantitative estimate of drug-likeness (QED) is 0.354. The predicted molar refractivity (Wildman–Crippen MR) is 141 cm³/mol. The van der Waals surface area contributed by atoms with Crippen LogP contribution in [0.5, 0.6) is 5.75 Å². The van der Waals surface area contributed by atoms with E-state index in [2.05, 4.69) is 28.4 Å². The lowest BCUT2D eigenvalue weighted by molar-refractivity contribution is 0.203. The zero-order valence-electron chi connectivity index (χ0n) is 20.8. The van der Waals surface area contributed by atoms with Crippen LogP contribution in [0.4, 0.5) is 4.79 Å². The van der Waals surface area contributed by atoms with Gasteiger partial charge in [0.05, 0.1) is 12.6 Å². The summed E-state index contributed by atoms with van der Waals surface area (Å²) in [6.07, 6.45) is 7.57. The van der Waals surface area contributed by atoms with E-state index in [1.807, 2.05) is 56.5 Å². The van der Waals surface area contributed by atoms with E-state index in [0.29, 0.717) is 17.3 Å². The van der Waals surface area contributed by atoms with Crippen molar-refractivity contribution in [1.29, 1.82) is 5.26 Å². The van der Waals surface area contributed by atoms with Gasteiger partial charge in [0, 0.05) is 17.0 Å². The highest BCUT2D eigenvalue weighted by atomic mass is 35.5. The van der Waals surface area contributed by atoms with Crippen LogP contribution >= 0.6 is 23.4 Å². The molecule has 0 saturated carbocycles. The molecule has 1 amide bonds. The van der Waals surface area contributed by atoms with Crippen LogP contribution in [0.1, 0.15) is 42.9 Å². The first-order chi connectivity index (χ1) is 16.8. The van der Waals surface area contributed by atoms with Crippen LogP contribution < -0.4 is 10.1 Å². The number of halogens is 1. The van der Waals surface area contributed by atoms with Crippen LogP contribution in [0.2, 0.25) is 5.02 Å². The summed E-state index contributed by atoms with van der Waals surface area (Å²) in [5.74, 6) is 0.585. The first-order valence-electron chi connectivity index (χ1n) is 11.3. The average Bonchev–Trinajstić information content (AvgIpc) is 3.35. The molecule has 1 heterocycles. The number of hydrogen-bond acceptors (Lipinski definition) is 6. The van der Waals surface area contributed by atoms with Crippen molar-refractivity contribution in [2.24, 2.45) is 0 Å². The first kappa shape index (κ1) is 28.2. The SMILES string of the molecule is CCCCC(C#N)(Cn1cncn1)c1ccc(Cl)cc1.CNC(=O)Oc1cc(C)c(SC)c(C)c1. The summed E-state index contributed by atoms with van der Waals surface area (Å²) in [7, 11) is 1.54. The summed E-state index contributed by atoms with van der Waals surface area (Å²) >= 11 is 7.64. The van der Waals surface area contributed by atoms with Gasteiger partial charge in [-0.3, -0.25) is 4.68 Å². The molecule has 2 aromatic carbocycles. The molecule has 0 aliphatic carbocycles. The lowest BCUT2D eigenvalue weighted by atomic mass is 9.77. The van der Waals surface area contributed by atoms with Crippen LogP contribution in [0.15, 0.2) is 53.9 Å². The number of unbranched alkanes of at least 4 members (excludes halogenated alkanes) is 1. The van der Waals surface area contributed by atoms with Crippen molar-refractivity contribution in [3.8, 4) is 11.8 Å². The minimum absolute atomic E-state index is 0.439. The predicted octanol–water partition coefficient (Wildman–Crippen LogP) is 6.33. The van der Waals surface area contributed by atoms with Gasteiger partial charge in [0.25, 0.3) is 0 Å². The van der Waals surface area contributed by atoms with Crippen LogP contribution in [-0.2, 0) is 12.0 Å². The fourth-order valence-electron chi connectivity index (χ4n) is 3.76. The van der Waals surface area contributed by atoms with E-state index in [0.717, 1.165) is 36.0 Å². The lowest BCUT2D eigenvalue weighted by Crippen LogP contribution is -2.30.